The van der Waals surface area contributed by atoms with Gasteiger partial charge >= 0.3 is 0 Å². The van der Waals surface area contributed by atoms with Gasteiger partial charge in [0.05, 0.1) is 23.2 Å². The minimum absolute atomic E-state index is 0.152. The number of aryl methyl sites for hydroxylation is 1. The molecule has 34 heavy (non-hydrogen) atoms. The summed E-state index contributed by atoms with van der Waals surface area (Å²) in [6, 6.07) is 12.8. The molecule has 9 heteroatoms. The van der Waals surface area contributed by atoms with E-state index in [0.717, 1.165) is 11.4 Å². The molecule has 2 amide bonds. The normalized spacial score (nSPS) is 17.7. The Balaban J connectivity index is 1.57. The zero-order valence-corrected chi connectivity index (χ0v) is 18.7. The monoisotopic (exact) mass is 454 g/mol. The number of hydrogen-bond donors (Lipinski definition) is 2. The van der Waals surface area contributed by atoms with E-state index in [1.807, 2.05) is 42.0 Å². The summed E-state index contributed by atoms with van der Waals surface area (Å²) in [7, 11) is 1.64. The molecule has 1 fully saturated rings. The molecule has 170 valence electrons. The van der Waals surface area contributed by atoms with Gasteiger partial charge in [0, 0.05) is 42.8 Å². The molecular weight excluding hydrogens is 432 g/mol. The third-order valence-electron chi connectivity index (χ3n) is 5.92. The highest BCUT2D eigenvalue weighted by molar-refractivity contribution is 6.05. The molecule has 1 atom stereocenters. The summed E-state index contributed by atoms with van der Waals surface area (Å²) < 4.78 is 3.49. The van der Waals surface area contributed by atoms with Crippen LogP contribution in [0.5, 0.6) is 0 Å². The molecule has 9 nitrogen and oxygen atoms in total. The van der Waals surface area contributed by atoms with Gasteiger partial charge in [0.15, 0.2) is 5.69 Å². The molecule has 2 aromatic heterocycles. The van der Waals surface area contributed by atoms with E-state index >= 15 is 0 Å². The lowest BCUT2D eigenvalue weighted by molar-refractivity contribution is -0.137. The molecule has 0 saturated carbocycles. The highest BCUT2D eigenvalue weighted by Crippen LogP contribution is 2.26. The smallest absolute Gasteiger partial charge is 0.269 e. The number of carbonyl (C=O) groups is 2. The van der Waals surface area contributed by atoms with Crippen LogP contribution in [0, 0.1) is 18.8 Å². The van der Waals surface area contributed by atoms with Crippen molar-refractivity contribution in [1.29, 1.82) is 0 Å². The third-order valence-corrected chi connectivity index (χ3v) is 5.92. The van der Waals surface area contributed by atoms with Gasteiger partial charge in [0.2, 0.25) is 5.60 Å². The van der Waals surface area contributed by atoms with Crippen LogP contribution in [0.25, 0.3) is 22.3 Å². The van der Waals surface area contributed by atoms with Crippen LogP contribution < -0.4 is 5.73 Å². The largest absolute Gasteiger partial charge is 0.369 e. The van der Waals surface area contributed by atoms with Crippen molar-refractivity contribution in [1.82, 2.24) is 24.2 Å². The number of fused-ring (bicyclic) bond motifs is 1. The summed E-state index contributed by atoms with van der Waals surface area (Å²) in [4.78, 5) is 30.1. The van der Waals surface area contributed by atoms with Gasteiger partial charge in [-0.05, 0) is 43.3 Å². The molecule has 0 spiro atoms. The summed E-state index contributed by atoms with van der Waals surface area (Å²) in [5, 5.41) is 15.6. The second kappa shape index (κ2) is 7.86. The predicted molar refractivity (Wildman–Crippen MR) is 126 cm³/mol. The fourth-order valence-electron chi connectivity index (χ4n) is 4.07. The molecule has 1 aliphatic heterocycles. The van der Waals surface area contributed by atoms with Gasteiger partial charge < -0.3 is 20.3 Å². The number of imidazole rings is 1. The molecule has 5 rings (SSSR count). The zero-order valence-electron chi connectivity index (χ0n) is 18.7. The number of hydrogen-bond acceptors (Lipinski definition) is 5. The van der Waals surface area contributed by atoms with E-state index in [9.17, 15) is 14.7 Å². The number of carbonyl (C=O) groups excluding carboxylic acids is 2. The van der Waals surface area contributed by atoms with E-state index in [4.69, 9.17) is 5.73 Å². The number of likely N-dealkylation sites (N-methyl/N-ethyl adjacent to an activating group) is 1. The average molecular weight is 454 g/mol. The Morgan fingerprint density at radius 1 is 1.21 bits per heavy atom. The van der Waals surface area contributed by atoms with E-state index in [1.165, 1.54) is 4.90 Å². The second-order valence-corrected chi connectivity index (χ2v) is 8.39. The minimum atomic E-state index is -1.68. The van der Waals surface area contributed by atoms with Crippen LogP contribution in [0.1, 0.15) is 28.2 Å². The summed E-state index contributed by atoms with van der Waals surface area (Å²) in [6.45, 7) is 2.36. The lowest BCUT2D eigenvalue weighted by atomic mass is 10.0. The molecular formula is C25H22N6O3. The van der Waals surface area contributed by atoms with Crippen LogP contribution in [-0.2, 0) is 4.79 Å². The lowest BCUT2D eigenvalue weighted by Crippen LogP contribution is -2.37. The number of nitrogens with zero attached hydrogens (tertiary/aromatic N) is 5. The molecule has 0 radical (unpaired) electrons. The van der Waals surface area contributed by atoms with Gasteiger partial charge in [-0.25, -0.2) is 9.67 Å². The first-order chi connectivity index (χ1) is 16.2. The van der Waals surface area contributed by atoms with Crippen molar-refractivity contribution in [2.24, 2.45) is 5.73 Å². The van der Waals surface area contributed by atoms with E-state index in [0.29, 0.717) is 28.7 Å². The highest BCUT2D eigenvalue weighted by Gasteiger charge is 2.42. The second-order valence-electron chi connectivity index (χ2n) is 8.39. The molecule has 0 aliphatic carbocycles. The predicted octanol–water partition coefficient (Wildman–Crippen LogP) is 1.56. The molecule has 3 heterocycles. The molecule has 0 bridgehead atoms. The first kappa shape index (κ1) is 21.4. The molecule has 1 saturated heterocycles. The van der Waals surface area contributed by atoms with E-state index in [1.54, 1.807) is 36.3 Å². The van der Waals surface area contributed by atoms with Gasteiger partial charge in [0.1, 0.15) is 0 Å². The maximum Gasteiger partial charge on any atom is 0.269 e. The number of benzene rings is 2. The molecule has 1 aliphatic rings. The van der Waals surface area contributed by atoms with E-state index in [2.05, 4.69) is 21.9 Å². The first-order valence-electron chi connectivity index (χ1n) is 10.7. The summed E-state index contributed by atoms with van der Waals surface area (Å²) in [5.41, 5.74) is 7.77. The highest BCUT2D eigenvalue weighted by atomic mass is 16.3. The van der Waals surface area contributed by atoms with Crippen molar-refractivity contribution in [3.8, 4) is 23.2 Å². The quantitative estimate of drug-likeness (QED) is 0.456. The summed E-state index contributed by atoms with van der Waals surface area (Å²) >= 11 is 0. The van der Waals surface area contributed by atoms with Crippen LogP contribution in [0.3, 0.4) is 0 Å². The first-order valence-corrected chi connectivity index (χ1v) is 10.7. The summed E-state index contributed by atoms with van der Waals surface area (Å²) in [5.74, 6) is 4.60. The number of primary amides is 1. The average Bonchev–Trinajstić information content (AvgIpc) is 3.50. The Morgan fingerprint density at radius 3 is 2.71 bits per heavy atom. The number of rotatable bonds is 3. The Bertz CT molecular complexity index is 1520. The van der Waals surface area contributed by atoms with Gasteiger partial charge in [-0.15, -0.1) is 0 Å². The number of nitrogens with two attached hydrogens (primary N) is 1. The van der Waals surface area contributed by atoms with Crippen LogP contribution in [-0.4, -0.2) is 60.3 Å². The van der Waals surface area contributed by atoms with Gasteiger partial charge in [-0.1, -0.05) is 17.9 Å². The van der Waals surface area contributed by atoms with Crippen molar-refractivity contribution < 1.29 is 14.7 Å². The Kier molecular flexibility index (Phi) is 4.96. The number of amides is 2. The maximum absolute atomic E-state index is 12.2. The third kappa shape index (κ3) is 3.60. The number of aliphatic hydroxyl groups is 1. The molecule has 2 aromatic carbocycles. The lowest BCUT2D eigenvalue weighted by Gasteiger charge is -2.13. The van der Waals surface area contributed by atoms with E-state index in [-0.39, 0.29) is 12.1 Å². The van der Waals surface area contributed by atoms with Crippen molar-refractivity contribution in [3.63, 3.8) is 0 Å². The van der Waals surface area contributed by atoms with Crippen molar-refractivity contribution in [3.05, 3.63) is 71.9 Å². The topological polar surface area (TPSA) is 119 Å². The van der Waals surface area contributed by atoms with Gasteiger partial charge in [-0.2, -0.15) is 5.10 Å². The Morgan fingerprint density at radius 2 is 2.03 bits per heavy atom. The van der Waals surface area contributed by atoms with Crippen molar-refractivity contribution in [2.75, 3.05) is 13.6 Å². The van der Waals surface area contributed by atoms with E-state index < -0.39 is 17.4 Å². The maximum atomic E-state index is 12.2. The number of aromatic nitrogens is 4. The van der Waals surface area contributed by atoms with Gasteiger partial charge in [0.25, 0.3) is 11.8 Å². The fourth-order valence-corrected chi connectivity index (χ4v) is 4.07. The molecule has 4 aromatic rings. The van der Waals surface area contributed by atoms with Gasteiger partial charge in [-0.3, -0.25) is 9.59 Å². The Labute approximate surface area is 195 Å². The summed E-state index contributed by atoms with van der Waals surface area (Å²) in [6.07, 6.45) is 3.85. The van der Waals surface area contributed by atoms with Crippen LogP contribution in [0.2, 0.25) is 0 Å². The standard InChI is InChI=1S/C25H22N6O3/c1-16-14-30(15-27-16)18-6-7-21-20(13-18)22(23(26)32)28-31(21)19-5-3-4-17(12-19)8-9-25(34)10-11-29(2)24(25)33/h3-7,12-15,34H,10-11H2,1-2H3,(H2,26,32). The number of likely N-dealkylation sites (tertiary alicyclic amines) is 1. The SMILES string of the molecule is Cc1cn(-c2ccc3c(c2)c(C(N)=O)nn3-c2cccc(C#CC3(O)CCN(C)C3=O)c2)cn1. The van der Waals surface area contributed by atoms with Crippen LogP contribution in [0.15, 0.2) is 55.0 Å². The fraction of sp³-hybridized carbons (Fsp3) is 0.200. The van der Waals surface area contributed by atoms with Crippen molar-refractivity contribution in [2.45, 2.75) is 18.9 Å². The zero-order chi connectivity index (χ0) is 24.0. The minimum Gasteiger partial charge on any atom is -0.369 e. The van der Waals surface area contributed by atoms with Crippen molar-refractivity contribution >= 4 is 22.7 Å². The Hall–Kier alpha value is -4.42. The molecule has 3 N–H and O–H groups in total. The van der Waals surface area contributed by atoms with Crippen LogP contribution in [0.4, 0.5) is 0 Å². The van der Waals surface area contributed by atoms with Crippen LogP contribution >= 0.6 is 0 Å². The molecule has 1 unspecified atom stereocenters.